The minimum Gasteiger partial charge on any atom is -0.493 e. The van der Waals surface area contributed by atoms with Gasteiger partial charge in [-0.25, -0.2) is 9.48 Å². The van der Waals surface area contributed by atoms with Gasteiger partial charge in [0.05, 0.1) is 27.5 Å². The minimum atomic E-state index is -0.552. The maximum atomic E-state index is 13.3. The summed E-state index contributed by atoms with van der Waals surface area (Å²) in [6.45, 7) is 4.12. The third-order valence-electron chi connectivity index (χ3n) is 5.64. The fraction of sp³-hybridized carbons (Fsp3) is 0.409. The van der Waals surface area contributed by atoms with E-state index in [2.05, 4.69) is 24.3 Å². The van der Waals surface area contributed by atoms with Crippen molar-refractivity contribution in [2.24, 2.45) is 5.41 Å². The molecule has 1 N–H and O–H groups in total. The predicted molar refractivity (Wildman–Crippen MR) is 110 cm³/mol. The van der Waals surface area contributed by atoms with Crippen LogP contribution in [0.15, 0.2) is 35.7 Å². The summed E-state index contributed by atoms with van der Waals surface area (Å²) in [7, 11) is 4.46. The highest BCUT2D eigenvalue weighted by Crippen LogP contribution is 2.49. The second kappa shape index (κ2) is 7.19. The zero-order chi connectivity index (χ0) is 21.6. The number of allylic oxidation sites excluding steroid dienone is 2. The monoisotopic (exact) mass is 411 g/mol. The first-order valence-corrected chi connectivity index (χ1v) is 9.71. The number of fused-ring (bicyclic) bond motifs is 1. The van der Waals surface area contributed by atoms with E-state index in [0.29, 0.717) is 41.3 Å². The lowest BCUT2D eigenvalue weighted by atomic mass is 9.73. The molecule has 8 nitrogen and oxygen atoms in total. The first-order chi connectivity index (χ1) is 14.3. The molecule has 0 fully saturated rings. The maximum Gasteiger partial charge on any atom is 0.343 e. The number of para-hydroxylation sites is 1. The molecule has 1 aromatic heterocycles. The van der Waals surface area contributed by atoms with E-state index in [1.165, 1.54) is 13.3 Å². The number of nitrogens with one attached hydrogen (secondary N) is 1. The number of hydrogen-bond donors (Lipinski definition) is 1. The van der Waals surface area contributed by atoms with Crippen molar-refractivity contribution in [3.8, 4) is 11.5 Å². The number of rotatable bonds is 4. The van der Waals surface area contributed by atoms with Gasteiger partial charge in [-0.3, -0.25) is 4.79 Å². The van der Waals surface area contributed by atoms with Crippen LogP contribution in [0.5, 0.6) is 11.5 Å². The van der Waals surface area contributed by atoms with Crippen molar-refractivity contribution in [2.75, 3.05) is 26.6 Å². The second-order valence-corrected chi connectivity index (χ2v) is 8.29. The molecule has 0 saturated heterocycles. The molecule has 0 spiro atoms. The van der Waals surface area contributed by atoms with E-state index in [9.17, 15) is 9.59 Å². The Hall–Kier alpha value is -3.29. The normalized spacial score (nSPS) is 19.5. The quantitative estimate of drug-likeness (QED) is 0.772. The van der Waals surface area contributed by atoms with Gasteiger partial charge >= 0.3 is 5.97 Å². The predicted octanol–water partition coefficient (Wildman–Crippen LogP) is 3.35. The number of Topliss-reactive ketones (excluding diaryl/α,β-unsaturated/α-hetero) is 1. The molecule has 8 heteroatoms. The van der Waals surface area contributed by atoms with E-state index in [1.807, 2.05) is 12.1 Å². The van der Waals surface area contributed by atoms with Crippen molar-refractivity contribution in [1.29, 1.82) is 0 Å². The van der Waals surface area contributed by atoms with Gasteiger partial charge in [-0.05, 0) is 17.9 Å². The third kappa shape index (κ3) is 3.03. The van der Waals surface area contributed by atoms with E-state index in [-0.39, 0.29) is 11.2 Å². The van der Waals surface area contributed by atoms with Crippen LogP contribution in [-0.4, -0.2) is 42.9 Å². The van der Waals surface area contributed by atoms with Gasteiger partial charge in [-0.15, -0.1) is 0 Å². The average molecular weight is 411 g/mol. The summed E-state index contributed by atoms with van der Waals surface area (Å²) >= 11 is 0. The summed E-state index contributed by atoms with van der Waals surface area (Å²) in [4.78, 5) is 25.6. The smallest absolute Gasteiger partial charge is 0.343 e. The number of aromatic nitrogens is 2. The number of carbonyl (C=O) groups is 2. The molecule has 2 heterocycles. The van der Waals surface area contributed by atoms with Crippen LogP contribution in [0, 0.1) is 5.41 Å². The summed E-state index contributed by atoms with van der Waals surface area (Å²) in [6, 6.07) is 4.98. The lowest BCUT2D eigenvalue weighted by molar-refractivity contribution is -0.118. The molecule has 30 heavy (non-hydrogen) atoms. The Balaban J connectivity index is 1.98. The number of ether oxygens (including phenoxy) is 3. The van der Waals surface area contributed by atoms with Crippen LogP contribution in [0.25, 0.3) is 0 Å². The number of anilines is 1. The summed E-state index contributed by atoms with van der Waals surface area (Å²) in [5.41, 5.74) is 2.28. The number of methoxy groups -OCH3 is 3. The van der Waals surface area contributed by atoms with Gasteiger partial charge in [-0.2, -0.15) is 5.10 Å². The fourth-order valence-corrected chi connectivity index (χ4v) is 4.39. The van der Waals surface area contributed by atoms with Gasteiger partial charge in [-0.1, -0.05) is 26.0 Å². The molecule has 4 rings (SSSR count). The minimum absolute atomic E-state index is 0.0457. The van der Waals surface area contributed by atoms with E-state index in [0.717, 1.165) is 11.3 Å². The van der Waals surface area contributed by atoms with Crippen molar-refractivity contribution < 1.29 is 23.8 Å². The van der Waals surface area contributed by atoms with Gasteiger partial charge in [0.2, 0.25) is 0 Å². The molecule has 1 aromatic carbocycles. The standard InChI is InChI=1S/C22H25N3O5/c1-22(2)9-14-17(15(26)10-22)18(12-7-6-8-16(28-3)19(12)29-4)25-20(24-14)13(11-23-25)21(27)30-5/h6-8,11,18,24H,9-10H2,1-5H3. The largest absolute Gasteiger partial charge is 0.493 e. The molecule has 158 valence electrons. The molecule has 1 aliphatic carbocycles. The Morgan fingerprint density at radius 2 is 1.97 bits per heavy atom. The number of esters is 1. The van der Waals surface area contributed by atoms with Gasteiger partial charge in [0.1, 0.15) is 17.4 Å². The number of benzene rings is 1. The van der Waals surface area contributed by atoms with E-state index < -0.39 is 12.0 Å². The Kier molecular flexibility index (Phi) is 4.80. The third-order valence-corrected chi connectivity index (χ3v) is 5.64. The lowest BCUT2D eigenvalue weighted by Crippen LogP contribution is -2.37. The zero-order valence-electron chi connectivity index (χ0n) is 17.7. The van der Waals surface area contributed by atoms with E-state index in [1.54, 1.807) is 25.0 Å². The molecule has 0 bridgehead atoms. The molecule has 1 atom stereocenters. The van der Waals surface area contributed by atoms with Crippen LogP contribution < -0.4 is 14.8 Å². The van der Waals surface area contributed by atoms with E-state index >= 15 is 0 Å². The van der Waals surface area contributed by atoms with Crippen molar-refractivity contribution in [1.82, 2.24) is 9.78 Å². The van der Waals surface area contributed by atoms with Crippen LogP contribution in [0.1, 0.15) is 48.7 Å². The average Bonchev–Trinajstić information content (AvgIpc) is 3.13. The maximum absolute atomic E-state index is 13.3. The topological polar surface area (TPSA) is 91.7 Å². The highest BCUT2D eigenvalue weighted by Gasteiger charge is 2.43. The van der Waals surface area contributed by atoms with Gasteiger partial charge < -0.3 is 19.5 Å². The number of ketones is 1. The first kappa shape index (κ1) is 20.0. The van der Waals surface area contributed by atoms with Gasteiger partial charge in [0.15, 0.2) is 17.3 Å². The zero-order valence-corrected chi connectivity index (χ0v) is 17.7. The molecular formula is C22H25N3O5. The van der Waals surface area contributed by atoms with Crippen LogP contribution in [0.2, 0.25) is 0 Å². The summed E-state index contributed by atoms with van der Waals surface area (Å²) in [6.07, 6.45) is 2.56. The van der Waals surface area contributed by atoms with Gasteiger partial charge in [0.25, 0.3) is 0 Å². The fourth-order valence-electron chi connectivity index (χ4n) is 4.39. The second-order valence-electron chi connectivity index (χ2n) is 8.29. The van der Waals surface area contributed by atoms with E-state index in [4.69, 9.17) is 14.2 Å². The van der Waals surface area contributed by atoms with Crippen molar-refractivity contribution in [3.05, 3.63) is 46.8 Å². The molecule has 0 saturated carbocycles. The first-order valence-electron chi connectivity index (χ1n) is 9.71. The Morgan fingerprint density at radius 1 is 1.20 bits per heavy atom. The number of carbonyl (C=O) groups excluding carboxylic acids is 2. The molecule has 2 aromatic rings. The highest BCUT2D eigenvalue weighted by atomic mass is 16.5. The van der Waals surface area contributed by atoms with Crippen LogP contribution in [0.4, 0.5) is 5.82 Å². The van der Waals surface area contributed by atoms with Gasteiger partial charge in [0, 0.05) is 23.3 Å². The molecule has 1 unspecified atom stereocenters. The molecule has 0 radical (unpaired) electrons. The molecular weight excluding hydrogens is 386 g/mol. The Morgan fingerprint density at radius 3 is 2.63 bits per heavy atom. The summed E-state index contributed by atoms with van der Waals surface area (Å²) in [5.74, 6) is 1.13. The lowest BCUT2D eigenvalue weighted by Gasteiger charge is -2.39. The number of nitrogens with zero attached hydrogens (tertiary/aromatic N) is 2. The molecule has 1 aliphatic heterocycles. The van der Waals surface area contributed by atoms with Crippen LogP contribution in [0.3, 0.4) is 0 Å². The molecule has 0 amide bonds. The van der Waals surface area contributed by atoms with Crippen molar-refractivity contribution in [3.63, 3.8) is 0 Å². The summed E-state index contributed by atoms with van der Waals surface area (Å²) in [5, 5.41) is 7.75. The van der Waals surface area contributed by atoms with Crippen molar-refractivity contribution in [2.45, 2.75) is 32.7 Å². The Bertz CT molecular complexity index is 1070. The summed E-state index contributed by atoms with van der Waals surface area (Å²) < 4.78 is 17.7. The van der Waals surface area contributed by atoms with Crippen LogP contribution in [-0.2, 0) is 9.53 Å². The SMILES string of the molecule is COC(=O)c1cnn2c1NC1=C(C(=O)CC(C)(C)C1)C2c1cccc(OC)c1OC. The number of hydrogen-bond acceptors (Lipinski definition) is 7. The van der Waals surface area contributed by atoms with Crippen molar-refractivity contribution >= 4 is 17.6 Å². The van der Waals surface area contributed by atoms with Crippen LogP contribution >= 0.6 is 0 Å². The Labute approximate surface area is 174 Å². The highest BCUT2D eigenvalue weighted by molar-refractivity contribution is 6.02. The molecule has 2 aliphatic rings.